The van der Waals surface area contributed by atoms with Crippen LogP contribution in [0.4, 0.5) is 0 Å². The molecule has 1 atom stereocenters. The van der Waals surface area contributed by atoms with Crippen molar-refractivity contribution < 1.29 is 9.84 Å². The molecule has 0 saturated heterocycles. The van der Waals surface area contributed by atoms with Gasteiger partial charge in [0, 0.05) is 15.1 Å². The van der Waals surface area contributed by atoms with E-state index >= 15 is 0 Å². The molecule has 1 aliphatic heterocycles. The minimum absolute atomic E-state index is 0.0569. The molecule has 0 radical (unpaired) electrons. The zero-order valence-corrected chi connectivity index (χ0v) is 16.7. The van der Waals surface area contributed by atoms with E-state index in [0.717, 1.165) is 4.47 Å². The number of hydrogen-bond acceptors (Lipinski definition) is 5. The van der Waals surface area contributed by atoms with Gasteiger partial charge in [-0.25, -0.2) is 9.69 Å². The number of benzene rings is 2. The highest BCUT2D eigenvalue weighted by Crippen LogP contribution is 2.34. The lowest BCUT2D eigenvalue weighted by atomic mass is 10.1. The highest BCUT2D eigenvalue weighted by molar-refractivity contribution is 9.10. The van der Waals surface area contributed by atoms with E-state index < -0.39 is 6.23 Å². The maximum absolute atomic E-state index is 10.4. The molecule has 1 unspecified atom stereocenters. The molecule has 0 amide bonds. The van der Waals surface area contributed by atoms with Gasteiger partial charge in [0.2, 0.25) is 17.2 Å². The zero-order chi connectivity index (χ0) is 19.0. The van der Waals surface area contributed by atoms with Gasteiger partial charge in [0.1, 0.15) is 18.4 Å². The highest BCUT2D eigenvalue weighted by atomic mass is 79.9. The average molecular weight is 465 g/mol. The molecule has 2 aromatic carbocycles. The Morgan fingerprint density at radius 2 is 1.81 bits per heavy atom. The lowest BCUT2D eigenvalue weighted by Gasteiger charge is -2.36. The van der Waals surface area contributed by atoms with Gasteiger partial charge in [0.05, 0.1) is 5.56 Å². The fourth-order valence-corrected chi connectivity index (χ4v) is 3.37. The van der Waals surface area contributed by atoms with Crippen LogP contribution in [0.3, 0.4) is 0 Å². The molecular weight excluding hydrogens is 454 g/mol. The third kappa shape index (κ3) is 3.53. The number of aromatic hydroxyl groups is 1. The van der Waals surface area contributed by atoms with Gasteiger partial charge in [-0.1, -0.05) is 27.5 Å². The molecule has 10 heteroatoms. The van der Waals surface area contributed by atoms with Gasteiger partial charge < -0.3 is 9.84 Å². The summed E-state index contributed by atoms with van der Waals surface area (Å²) in [6.07, 6.45) is 2.16. The molecule has 0 fully saturated rings. The summed E-state index contributed by atoms with van der Waals surface area (Å²) in [5.74, 6) is 0.381. The molecule has 0 aliphatic carbocycles. The average Bonchev–Trinajstić information content (AvgIpc) is 3.18. The Bertz CT molecular complexity index is 1030. The molecule has 136 valence electrons. The molecule has 1 aromatic heterocycles. The second-order valence-electron chi connectivity index (χ2n) is 5.57. The molecular formula is C17H11BrClN5O2S. The molecule has 0 spiro atoms. The second-order valence-corrected chi connectivity index (χ2v) is 7.28. The molecule has 3 aromatic rings. The Morgan fingerprint density at radius 1 is 1.11 bits per heavy atom. The first-order chi connectivity index (χ1) is 13.0. The lowest BCUT2D eigenvalue weighted by molar-refractivity contribution is 0.168. The number of ether oxygens (including phenoxy) is 1. The van der Waals surface area contributed by atoms with E-state index in [0.29, 0.717) is 22.0 Å². The van der Waals surface area contributed by atoms with E-state index in [-0.39, 0.29) is 10.9 Å². The topological polar surface area (TPSA) is 75.8 Å². The van der Waals surface area contributed by atoms with E-state index in [4.69, 9.17) is 28.6 Å². The zero-order valence-electron chi connectivity index (χ0n) is 13.5. The Balaban J connectivity index is 1.82. The number of hydrogen-bond donors (Lipinski definition) is 1. The Morgan fingerprint density at radius 3 is 2.52 bits per heavy atom. The summed E-state index contributed by atoms with van der Waals surface area (Å²) >= 11 is 14.9. The van der Waals surface area contributed by atoms with E-state index in [2.05, 4.69) is 31.1 Å². The summed E-state index contributed by atoms with van der Waals surface area (Å²) in [6.45, 7) is 0. The summed E-state index contributed by atoms with van der Waals surface area (Å²) in [6, 6.07) is 12.1. The third-order valence-electron chi connectivity index (χ3n) is 3.84. The van der Waals surface area contributed by atoms with Crippen molar-refractivity contribution in [1.29, 1.82) is 0 Å². The van der Waals surface area contributed by atoms with Crippen LogP contribution in [-0.2, 0) is 4.74 Å². The summed E-state index contributed by atoms with van der Waals surface area (Å²) in [7, 11) is 0. The van der Waals surface area contributed by atoms with Crippen molar-refractivity contribution in [2.45, 2.75) is 6.23 Å². The van der Waals surface area contributed by atoms with Crippen molar-refractivity contribution in [3.63, 3.8) is 0 Å². The molecule has 0 saturated carbocycles. The quantitative estimate of drug-likeness (QED) is 0.594. The largest absolute Gasteiger partial charge is 0.507 e. The minimum Gasteiger partial charge on any atom is -0.507 e. The van der Waals surface area contributed by atoms with Gasteiger partial charge >= 0.3 is 0 Å². The monoisotopic (exact) mass is 463 g/mol. The summed E-state index contributed by atoms with van der Waals surface area (Å²) < 4.78 is 8.46. The van der Waals surface area contributed by atoms with E-state index in [1.807, 2.05) is 0 Å². The normalized spacial score (nSPS) is 16.8. The molecule has 1 N–H and O–H groups in total. The number of rotatable bonds is 3. The standard InChI is InChI=1S/C17H11BrClN5O2S/c18-11-3-6-14(25)13(7-11)16-24(23-8-20-21-9-23)17(27)22-15(26-16)10-1-4-12(19)5-2-10/h1-9,16,25H. The van der Waals surface area contributed by atoms with E-state index in [9.17, 15) is 5.11 Å². The first kappa shape index (κ1) is 17.9. The van der Waals surface area contributed by atoms with Crippen LogP contribution < -0.4 is 5.01 Å². The molecule has 1 aliphatic rings. The second kappa shape index (κ2) is 7.26. The number of thiocarbonyl (C=S) groups is 1. The lowest BCUT2D eigenvalue weighted by Crippen LogP contribution is -2.46. The predicted octanol–water partition coefficient (Wildman–Crippen LogP) is 3.80. The van der Waals surface area contributed by atoms with Crippen molar-refractivity contribution in [3.05, 3.63) is 75.7 Å². The van der Waals surface area contributed by atoms with Gasteiger partial charge in [-0.3, -0.25) is 0 Å². The van der Waals surface area contributed by atoms with Crippen LogP contribution in [0.25, 0.3) is 0 Å². The highest BCUT2D eigenvalue weighted by Gasteiger charge is 2.34. The van der Waals surface area contributed by atoms with Crippen LogP contribution in [0.1, 0.15) is 17.4 Å². The molecule has 0 bridgehead atoms. The fourth-order valence-electron chi connectivity index (χ4n) is 2.59. The summed E-state index contributed by atoms with van der Waals surface area (Å²) in [5.41, 5.74) is 1.21. The molecule has 4 rings (SSSR count). The Labute approximate surface area is 173 Å². The molecule has 2 heterocycles. The smallest absolute Gasteiger partial charge is 0.225 e. The van der Waals surface area contributed by atoms with Gasteiger partial charge in [-0.2, -0.15) is 4.99 Å². The van der Waals surface area contributed by atoms with Gasteiger partial charge in [-0.05, 0) is 54.7 Å². The summed E-state index contributed by atoms with van der Waals surface area (Å²) in [5, 5.41) is 20.4. The van der Waals surface area contributed by atoms with Crippen LogP contribution in [-0.4, -0.2) is 31.0 Å². The van der Waals surface area contributed by atoms with Crippen LogP contribution in [0.2, 0.25) is 5.02 Å². The maximum atomic E-state index is 10.4. The first-order valence-corrected chi connectivity index (χ1v) is 9.28. The SMILES string of the molecule is Oc1ccc(Br)cc1C1OC(c2ccc(Cl)cc2)=NC(=S)N1n1cnnc1. The number of phenolic OH excluding ortho intramolecular Hbond substituents is 1. The van der Waals surface area contributed by atoms with Crippen molar-refractivity contribution in [2.24, 2.45) is 4.99 Å². The third-order valence-corrected chi connectivity index (χ3v) is 4.86. The number of aromatic nitrogens is 3. The van der Waals surface area contributed by atoms with Crippen molar-refractivity contribution in [2.75, 3.05) is 5.01 Å². The van der Waals surface area contributed by atoms with Crippen LogP contribution in [0, 0.1) is 0 Å². The number of nitrogens with zero attached hydrogens (tertiary/aromatic N) is 5. The van der Waals surface area contributed by atoms with Gasteiger partial charge in [0.15, 0.2) is 0 Å². The van der Waals surface area contributed by atoms with Crippen LogP contribution >= 0.6 is 39.7 Å². The molecule has 7 nitrogen and oxygen atoms in total. The van der Waals surface area contributed by atoms with Crippen molar-refractivity contribution >= 4 is 50.8 Å². The van der Waals surface area contributed by atoms with E-state index in [1.165, 1.54) is 12.7 Å². The number of phenols is 1. The molecule has 27 heavy (non-hydrogen) atoms. The number of halogens is 2. The van der Waals surface area contributed by atoms with Gasteiger partial charge in [0.25, 0.3) is 0 Å². The minimum atomic E-state index is -0.783. The Hall–Kier alpha value is -2.49. The van der Waals surface area contributed by atoms with Gasteiger partial charge in [-0.15, -0.1) is 10.2 Å². The summed E-state index contributed by atoms with van der Waals surface area (Å²) in [4.78, 5) is 4.39. The fraction of sp³-hybridized carbons (Fsp3) is 0.0588. The Kier molecular flexibility index (Phi) is 4.81. The van der Waals surface area contributed by atoms with E-state index in [1.54, 1.807) is 52.1 Å². The predicted molar refractivity (Wildman–Crippen MR) is 108 cm³/mol. The van der Waals surface area contributed by atoms with Crippen molar-refractivity contribution in [1.82, 2.24) is 14.9 Å². The number of aliphatic imine (C=N–C) groups is 1. The van der Waals surface area contributed by atoms with Crippen LogP contribution in [0.15, 0.2) is 64.6 Å². The first-order valence-electron chi connectivity index (χ1n) is 7.71. The van der Waals surface area contributed by atoms with Crippen LogP contribution in [0.5, 0.6) is 5.75 Å². The van der Waals surface area contributed by atoms with Crippen molar-refractivity contribution in [3.8, 4) is 5.75 Å². The maximum Gasteiger partial charge on any atom is 0.225 e.